The van der Waals surface area contributed by atoms with Crippen LogP contribution < -0.4 is 16.6 Å². The Bertz CT molecular complexity index is 1040. The molecule has 3 aromatic rings. The van der Waals surface area contributed by atoms with Gasteiger partial charge in [-0.15, -0.1) is 0 Å². The largest absolute Gasteiger partial charge is 0.361 e. The van der Waals surface area contributed by atoms with Crippen LogP contribution in [0.5, 0.6) is 0 Å². The third-order valence-corrected chi connectivity index (χ3v) is 3.41. The molecule has 0 aliphatic heterocycles. The fourth-order valence-corrected chi connectivity index (χ4v) is 2.20. The van der Waals surface area contributed by atoms with Crippen molar-refractivity contribution in [2.45, 2.75) is 6.92 Å². The number of nitrogens with one attached hydrogen (secondary N) is 1. The quantitative estimate of drug-likeness (QED) is 0.722. The van der Waals surface area contributed by atoms with Gasteiger partial charge in [0.05, 0.1) is 17.3 Å². The number of amides is 1. The van der Waals surface area contributed by atoms with E-state index in [1.165, 1.54) is 37.0 Å². The SMILES string of the molecule is Cc1cc(C(=O)Nc2cnc3c(c2)c(=O)n(C)c(=O)n3C)no1. The van der Waals surface area contributed by atoms with Crippen LogP contribution >= 0.6 is 0 Å². The molecule has 0 spiro atoms. The van der Waals surface area contributed by atoms with Gasteiger partial charge < -0.3 is 9.84 Å². The number of fused-ring (bicyclic) bond motifs is 1. The van der Waals surface area contributed by atoms with Crippen LogP contribution in [0.4, 0.5) is 5.69 Å². The number of carbonyl (C=O) groups excluding carboxylic acids is 1. The molecule has 9 nitrogen and oxygen atoms in total. The summed E-state index contributed by atoms with van der Waals surface area (Å²) >= 11 is 0. The molecule has 0 aromatic carbocycles. The van der Waals surface area contributed by atoms with Crippen molar-refractivity contribution in [2.75, 3.05) is 5.32 Å². The number of hydrogen-bond donors (Lipinski definition) is 1. The van der Waals surface area contributed by atoms with Gasteiger partial charge in [0.25, 0.3) is 11.5 Å². The first-order valence-corrected chi connectivity index (χ1v) is 6.69. The van der Waals surface area contributed by atoms with Crippen molar-refractivity contribution in [2.24, 2.45) is 14.1 Å². The molecular formula is C14H13N5O4. The average Bonchev–Trinajstić information content (AvgIpc) is 2.97. The Morgan fingerprint density at radius 3 is 2.61 bits per heavy atom. The molecule has 0 saturated heterocycles. The van der Waals surface area contributed by atoms with Crippen molar-refractivity contribution < 1.29 is 9.32 Å². The molecule has 0 fully saturated rings. The molecule has 0 bridgehead atoms. The van der Waals surface area contributed by atoms with Gasteiger partial charge in [-0.2, -0.15) is 0 Å². The molecule has 0 radical (unpaired) electrons. The van der Waals surface area contributed by atoms with Crippen LogP contribution in [0, 0.1) is 6.92 Å². The summed E-state index contributed by atoms with van der Waals surface area (Å²) in [5.41, 5.74) is -0.267. The van der Waals surface area contributed by atoms with Crippen molar-refractivity contribution in [1.29, 1.82) is 0 Å². The second kappa shape index (κ2) is 5.20. The Kier molecular flexibility index (Phi) is 3.32. The van der Waals surface area contributed by atoms with Crippen molar-refractivity contribution in [1.82, 2.24) is 19.3 Å². The maximum atomic E-state index is 12.2. The first kappa shape index (κ1) is 14.7. The van der Waals surface area contributed by atoms with Gasteiger partial charge in [-0.1, -0.05) is 5.16 Å². The molecule has 9 heteroatoms. The summed E-state index contributed by atoms with van der Waals surface area (Å²) in [5.74, 6) is 0.0281. The third kappa shape index (κ3) is 2.41. The van der Waals surface area contributed by atoms with Gasteiger partial charge in [0.1, 0.15) is 11.4 Å². The zero-order chi connectivity index (χ0) is 16.7. The van der Waals surface area contributed by atoms with E-state index in [1.54, 1.807) is 6.92 Å². The average molecular weight is 315 g/mol. The smallest absolute Gasteiger partial charge is 0.332 e. The fraction of sp³-hybridized carbons (Fsp3) is 0.214. The summed E-state index contributed by atoms with van der Waals surface area (Å²) in [4.78, 5) is 40.2. The molecule has 3 heterocycles. The lowest BCUT2D eigenvalue weighted by atomic mass is 10.3. The van der Waals surface area contributed by atoms with Gasteiger partial charge in [0, 0.05) is 20.2 Å². The summed E-state index contributed by atoms with van der Waals surface area (Å²) in [5, 5.41) is 6.42. The lowest BCUT2D eigenvalue weighted by Crippen LogP contribution is -2.37. The normalized spacial score (nSPS) is 10.9. The second-order valence-corrected chi connectivity index (χ2v) is 5.08. The molecule has 3 aromatic heterocycles. The van der Waals surface area contributed by atoms with E-state index >= 15 is 0 Å². The highest BCUT2D eigenvalue weighted by Crippen LogP contribution is 2.13. The molecule has 0 aliphatic rings. The lowest BCUT2D eigenvalue weighted by Gasteiger charge is -2.08. The van der Waals surface area contributed by atoms with E-state index < -0.39 is 17.2 Å². The van der Waals surface area contributed by atoms with Crippen LogP contribution in [-0.4, -0.2) is 25.2 Å². The molecule has 3 rings (SSSR count). The number of nitrogens with zero attached hydrogens (tertiary/aromatic N) is 4. The highest BCUT2D eigenvalue weighted by atomic mass is 16.5. The number of carbonyl (C=O) groups is 1. The molecule has 0 aliphatic carbocycles. The third-order valence-electron chi connectivity index (χ3n) is 3.41. The Morgan fingerprint density at radius 2 is 1.96 bits per heavy atom. The minimum atomic E-state index is -0.482. The second-order valence-electron chi connectivity index (χ2n) is 5.08. The zero-order valence-corrected chi connectivity index (χ0v) is 12.7. The molecule has 0 saturated carbocycles. The van der Waals surface area contributed by atoms with Gasteiger partial charge in [-0.3, -0.25) is 18.7 Å². The Balaban J connectivity index is 2.05. The molecule has 0 unspecified atom stereocenters. The van der Waals surface area contributed by atoms with Crippen molar-refractivity contribution in [3.8, 4) is 0 Å². The number of rotatable bonds is 2. The standard InChI is InChI=1S/C14H13N5O4/c1-7-4-10(17-23-7)12(20)16-8-5-9-11(15-6-8)18(2)14(22)19(3)13(9)21/h4-6H,1-3H3,(H,16,20). The predicted octanol–water partition coefficient (Wildman–Crippen LogP) is 0.181. The summed E-state index contributed by atoms with van der Waals surface area (Å²) in [6, 6.07) is 2.96. The van der Waals surface area contributed by atoms with Crippen LogP contribution in [0.3, 0.4) is 0 Å². The van der Waals surface area contributed by atoms with E-state index in [0.717, 1.165) is 4.57 Å². The molecule has 1 amide bonds. The zero-order valence-electron chi connectivity index (χ0n) is 12.7. The maximum absolute atomic E-state index is 12.2. The first-order valence-electron chi connectivity index (χ1n) is 6.69. The molecule has 118 valence electrons. The number of aromatic nitrogens is 4. The van der Waals surface area contributed by atoms with Gasteiger partial charge in [0.15, 0.2) is 5.69 Å². The Morgan fingerprint density at radius 1 is 1.22 bits per heavy atom. The first-order chi connectivity index (χ1) is 10.9. The minimum Gasteiger partial charge on any atom is -0.361 e. The van der Waals surface area contributed by atoms with E-state index in [9.17, 15) is 14.4 Å². The van der Waals surface area contributed by atoms with Gasteiger partial charge >= 0.3 is 5.69 Å². The summed E-state index contributed by atoms with van der Waals surface area (Å²) in [6.45, 7) is 1.67. The maximum Gasteiger partial charge on any atom is 0.332 e. The lowest BCUT2D eigenvalue weighted by molar-refractivity contribution is 0.101. The highest BCUT2D eigenvalue weighted by Gasteiger charge is 2.14. The van der Waals surface area contributed by atoms with E-state index in [1.807, 2.05) is 0 Å². The topological polar surface area (TPSA) is 112 Å². The number of aryl methyl sites for hydroxylation is 2. The highest BCUT2D eigenvalue weighted by molar-refractivity contribution is 6.03. The number of anilines is 1. The number of pyridine rings is 1. The van der Waals surface area contributed by atoms with E-state index in [0.29, 0.717) is 11.4 Å². The predicted molar refractivity (Wildman–Crippen MR) is 81.4 cm³/mol. The van der Waals surface area contributed by atoms with Gasteiger partial charge in [0.2, 0.25) is 0 Å². The number of hydrogen-bond acceptors (Lipinski definition) is 6. The fourth-order valence-electron chi connectivity index (χ4n) is 2.20. The van der Waals surface area contributed by atoms with E-state index in [-0.39, 0.29) is 16.7 Å². The molecule has 1 N–H and O–H groups in total. The molecule has 0 atom stereocenters. The van der Waals surface area contributed by atoms with Crippen LogP contribution in [0.1, 0.15) is 16.2 Å². The van der Waals surface area contributed by atoms with E-state index in [2.05, 4.69) is 15.5 Å². The van der Waals surface area contributed by atoms with Crippen LogP contribution in [0.2, 0.25) is 0 Å². The summed E-state index contributed by atoms with van der Waals surface area (Å²) in [7, 11) is 2.90. The van der Waals surface area contributed by atoms with Crippen molar-refractivity contribution in [3.05, 3.63) is 50.6 Å². The monoisotopic (exact) mass is 315 g/mol. The molecule has 23 heavy (non-hydrogen) atoms. The van der Waals surface area contributed by atoms with Crippen LogP contribution in [0.15, 0.2) is 32.4 Å². The van der Waals surface area contributed by atoms with Crippen LogP contribution in [-0.2, 0) is 14.1 Å². The Labute approximate surface area is 129 Å². The summed E-state index contributed by atoms with van der Waals surface area (Å²) < 4.78 is 7.09. The Hall–Kier alpha value is -3.23. The summed E-state index contributed by atoms with van der Waals surface area (Å²) in [6.07, 6.45) is 1.37. The minimum absolute atomic E-state index is 0.121. The van der Waals surface area contributed by atoms with Gasteiger partial charge in [-0.25, -0.2) is 9.78 Å². The molecular weight excluding hydrogens is 302 g/mol. The van der Waals surface area contributed by atoms with Crippen molar-refractivity contribution in [3.63, 3.8) is 0 Å². The van der Waals surface area contributed by atoms with Crippen LogP contribution in [0.25, 0.3) is 11.0 Å². The van der Waals surface area contributed by atoms with Crippen molar-refractivity contribution >= 4 is 22.6 Å². The van der Waals surface area contributed by atoms with Gasteiger partial charge in [-0.05, 0) is 13.0 Å². The van der Waals surface area contributed by atoms with E-state index in [4.69, 9.17) is 4.52 Å².